The highest BCUT2D eigenvalue weighted by molar-refractivity contribution is 5.98. The van der Waals surface area contributed by atoms with E-state index in [2.05, 4.69) is 10.5 Å². The Morgan fingerprint density at radius 3 is 2.59 bits per heavy atom. The number of aryl methyl sites for hydroxylation is 1. The third kappa shape index (κ3) is 4.66. The lowest BCUT2D eigenvalue weighted by atomic mass is 10.1. The van der Waals surface area contributed by atoms with E-state index >= 15 is 0 Å². The second-order valence-corrected chi connectivity index (χ2v) is 6.36. The number of hydrogen-bond acceptors (Lipinski definition) is 5. The summed E-state index contributed by atoms with van der Waals surface area (Å²) in [6.45, 7) is 2.52. The number of ether oxygens (including phenoxy) is 1. The van der Waals surface area contributed by atoms with Crippen LogP contribution in [0.25, 0.3) is 11.3 Å². The van der Waals surface area contributed by atoms with Crippen molar-refractivity contribution in [1.82, 2.24) is 10.5 Å². The van der Waals surface area contributed by atoms with E-state index in [1.165, 1.54) is 13.0 Å². The van der Waals surface area contributed by atoms with Crippen LogP contribution in [0.4, 0.5) is 8.78 Å². The van der Waals surface area contributed by atoms with Gasteiger partial charge in [0.15, 0.2) is 6.61 Å². The molecule has 3 rings (SSSR count). The Bertz CT molecular complexity index is 1030. The molecular weight excluding hydrogens is 382 g/mol. The number of nitrogens with one attached hydrogen (secondary N) is 1. The van der Waals surface area contributed by atoms with Crippen LogP contribution >= 0.6 is 0 Å². The fourth-order valence-electron chi connectivity index (χ4n) is 2.82. The van der Waals surface area contributed by atoms with Crippen LogP contribution < -0.4 is 5.32 Å². The van der Waals surface area contributed by atoms with Gasteiger partial charge in [0.05, 0.1) is 6.04 Å². The third-order valence-electron chi connectivity index (χ3n) is 4.25. The predicted molar refractivity (Wildman–Crippen MR) is 99.9 cm³/mol. The van der Waals surface area contributed by atoms with E-state index in [0.29, 0.717) is 11.3 Å². The van der Waals surface area contributed by atoms with Gasteiger partial charge in [-0.2, -0.15) is 0 Å². The van der Waals surface area contributed by atoms with Gasteiger partial charge in [0.2, 0.25) is 0 Å². The van der Waals surface area contributed by atoms with Gasteiger partial charge in [-0.1, -0.05) is 41.6 Å². The molecule has 0 radical (unpaired) electrons. The van der Waals surface area contributed by atoms with Gasteiger partial charge in [-0.05, 0) is 19.9 Å². The molecule has 150 valence electrons. The van der Waals surface area contributed by atoms with E-state index in [1.807, 2.05) is 6.07 Å². The molecule has 1 heterocycles. The van der Waals surface area contributed by atoms with Gasteiger partial charge in [-0.15, -0.1) is 0 Å². The fraction of sp³-hybridized carbons (Fsp3) is 0.190. The smallest absolute Gasteiger partial charge is 0.344 e. The van der Waals surface area contributed by atoms with Crippen LogP contribution in [-0.4, -0.2) is 23.6 Å². The maximum Gasteiger partial charge on any atom is 0.344 e. The fourth-order valence-corrected chi connectivity index (χ4v) is 2.82. The van der Waals surface area contributed by atoms with E-state index in [0.717, 1.165) is 12.1 Å². The number of carbonyl (C=O) groups excluding carboxylic acids is 2. The standard InChI is InChI=1S/C21H18F2N2O4/c1-12(16-9-8-15(22)10-17(16)23)24-18(26)11-28-21(27)19-13(2)29-25-20(19)14-6-4-3-5-7-14/h3-10,12H,11H2,1-2H3,(H,24,26)/t12-/m0/s1. The van der Waals surface area contributed by atoms with Crippen molar-refractivity contribution < 1.29 is 27.6 Å². The molecule has 0 aliphatic carbocycles. The molecule has 0 aliphatic heterocycles. The lowest BCUT2D eigenvalue weighted by Crippen LogP contribution is -2.31. The first-order chi connectivity index (χ1) is 13.9. The molecule has 0 bridgehead atoms. The maximum atomic E-state index is 13.8. The highest BCUT2D eigenvalue weighted by Crippen LogP contribution is 2.25. The molecule has 3 aromatic rings. The molecule has 0 saturated carbocycles. The maximum absolute atomic E-state index is 13.8. The van der Waals surface area contributed by atoms with Gasteiger partial charge >= 0.3 is 5.97 Å². The van der Waals surface area contributed by atoms with E-state index in [1.54, 1.807) is 31.2 Å². The zero-order valence-corrected chi connectivity index (χ0v) is 15.7. The van der Waals surface area contributed by atoms with Crippen molar-refractivity contribution in [3.8, 4) is 11.3 Å². The Morgan fingerprint density at radius 1 is 1.17 bits per heavy atom. The van der Waals surface area contributed by atoms with E-state index < -0.39 is 36.2 Å². The Kier molecular flexibility index (Phi) is 6.01. The second kappa shape index (κ2) is 8.64. The molecule has 0 aliphatic rings. The van der Waals surface area contributed by atoms with Gasteiger partial charge in [0.1, 0.15) is 28.7 Å². The van der Waals surface area contributed by atoms with Gasteiger partial charge in [0.25, 0.3) is 5.91 Å². The summed E-state index contributed by atoms with van der Waals surface area (Å²) < 4.78 is 37.0. The van der Waals surface area contributed by atoms with Gasteiger partial charge in [0, 0.05) is 17.2 Å². The minimum Gasteiger partial charge on any atom is -0.452 e. The first-order valence-corrected chi connectivity index (χ1v) is 8.80. The van der Waals surface area contributed by atoms with Gasteiger partial charge in [-0.3, -0.25) is 4.79 Å². The summed E-state index contributed by atoms with van der Waals surface area (Å²) in [5.74, 6) is -2.63. The first kappa shape index (κ1) is 20.2. The highest BCUT2D eigenvalue weighted by atomic mass is 19.1. The molecule has 1 N–H and O–H groups in total. The molecule has 1 atom stereocenters. The van der Waals surface area contributed by atoms with Gasteiger partial charge in [-0.25, -0.2) is 13.6 Å². The number of benzene rings is 2. The average Bonchev–Trinajstić information content (AvgIpc) is 3.08. The molecule has 0 fully saturated rings. The van der Waals surface area contributed by atoms with Crippen molar-refractivity contribution in [3.05, 3.63) is 77.1 Å². The number of esters is 1. The molecule has 1 amide bonds. The summed E-state index contributed by atoms with van der Waals surface area (Å²) in [6, 6.07) is 11.3. The van der Waals surface area contributed by atoms with Crippen molar-refractivity contribution in [2.75, 3.05) is 6.61 Å². The summed E-state index contributed by atoms with van der Waals surface area (Å²) in [7, 11) is 0. The minimum absolute atomic E-state index is 0.118. The summed E-state index contributed by atoms with van der Waals surface area (Å²) >= 11 is 0. The van der Waals surface area contributed by atoms with Crippen LogP contribution in [0.1, 0.15) is 34.6 Å². The third-order valence-corrected chi connectivity index (χ3v) is 4.25. The molecule has 8 heteroatoms. The van der Waals surface area contributed by atoms with Crippen LogP contribution in [0.2, 0.25) is 0 Å². The number of hydrogen-bond donors (Lipinski definition) is 1. The molecular formula is C21H18F2N2O4. The number of carbonyl (C=O) groups is 2. The minimum atomic E-state index is -0.776. The summed E-state index contributed by atoms with van der Waals surface area (Å²) in [5, 5.41) is 6.39. The summed E-state index contributed by atoms with van der Waals surface area (Å²) in [6.07, 6.45) is 0. The van der Waals surface area contributed by atoms with Gasteiger partial charge < -0.3 is 14.6 Å². The lowest BCUT2D eigenvalue weighted by Gasteiger charge is -2.15. The number of amides is 1. The molecule has 1 aromatic heterocycles. The molecule has 6 nitrogen and oxygen atoms in total. The zero-order chi connectivity index (χ0) is 21.0. The number of rotatable bonds is 6. The molecule has 2 aromatic carbocycles. The Balaban J connectivity index is 1.64. The number of halogens is 2. The van der Waals surface area contributed by atoms with Crippen LogP contribution in [0, 0.1) is 18.6 Å². The lowest BCUT2D eigenvalue weighted by molar-refractivity contribution is -0.124. The van der Waals surface area contributed by atoms with E-state index in [4.69, 9.17) is 9.26 Å². The second-order valence-electron chi connectivity index (χ2n) is 6.36. The molecule has 29 heavy (non-hydrogen) atoms. The SMILES string of the molecule is Cc1onc(-c2ccccc2)c1C(=O)OCC(=O)N[C@@H](C)c1ccc(F)cc1F. The Morgan fingerprint density at radius 2 is 1.90 bits per heavy atom. The number of aromatic nitrogens is 1. The largest absolute Gasteiger partial charge is 0.452 e. The average molecular weight is 400 g/mol. The topological polar surface area (TPSA) is 81.4 Å². The molecule has 0 saturated heterocycles. The highest BCUT2D eigenvalue weighted by Gasteiger charge is 2.24. The normalized spacial score (nSPS) is 11.7. The van der Waals surface area contributed by atoms with Crippen molar-refractivity contribution in [3.63, 3.8) is 0 Å². The molecule has 0 unspecified atom stereocenters. The van der Waals surface area contributed by atoms with Crippen molar-refractivity contribution in [2.45, 2.75) is 19.9 Å². The van der Waals surface area contributed by atoms with Crippen LogP contribution in [-0.2, 0) is 9.53 Å². The van der Waals surface area contributed by atoms with Crippen molar-refractivity contribution in [2.24, 2.45) is 0 Å². The Labute approximate surface area is 165 Å². The predicted octanol–water partition coefficient (Wildman–Crippen LogP) is 3.96. The summed E-state index contributed by atoms with van der Waals surface area (Å²) in [5.41, 5.74) is 1.23. The summed E-state index contributed by atoms with van der Waals surface area (Å²) in [4.78, 5) is 24.6. The van der Waals surface area contributed by atoms with Crippen molar-refractivity contribution in [1.29, 1.82) is 0 Å². The van der Waals surface area contributed by atoms with Crippen LogP contribution in [0.3, 0.4) is 0 Å². The monoisotopic (exact) mass is 400 g/mol. The Hall–Kier alpha value is -3.55. The number of nitrogens with zero attached hydrogens (tertiary/aromatic N) is 1. The van der Waals surface area contributed by atoms with Crippen LogP contribution in [0.15, 0.2) is 53.1 Å². The quantitative estimate of drug-likeness (QED) is 0.634. The zero-order valence-electron chi connectivity index (χ0n) is 15.7. The van der Waals surface area contributed by atoms with E-state index in [9.17, 15) is 18.4 Å². The van der Waals surface area contributed by atoms with E-state index in [-0.39, 0.29) is 16.9 Å². The molecule has 0 spiro atoms. The first-order valence-electron chi connectivity index (χ1n) is 8.80. The van der Waals surface area contributed by atoms with Crippen molar-refractivity contribution >= 4 is 11.9 Å². The van der Waals surface area contributed by atoms with Crippen LogP contribution in [0.5, 0.6) is 0 Å².